The molecule has 18 heavy (non-hydrogen) atoms. The van der Waals surface area contributed by atoms with Crippen molar-refractivity contribution in [3.8, 4) is 0 Å². The number of ether oxygens (including phenoxy) is 3. The van der Waals surface area contributed by atoms with Gasteiger partial charge in [-0.25, -0.2) is 0 Å². The average molecular weight is 259 g/mol. The van der Waals surface area contributed by atoms with Gasteiger partial charge < -0.3 is 19.1 Å². The van der Waals surface area contributed by atoms with E-state index >= 15 is 0 Å². The molecule has 4 heteroatoms. The second kappa shape index (κ2) is 10.7. The summed E-state index contributed by atoms with van der Waals surface area (Å²) in [6, 6.07) is 0. The molecule has 1 fully saturated rings. The van der Waals surface area contributed by atoms with E-state index in [9.17, 15) is 0 Å². The first kappa shape index (κ1) is 15.9. The van der Waals surface area contributed by atoms with Gasteiger partial charge >= 0.3 is 0 Å². The van der Waals surface area contributed by atoms with Gasteiger partial charge in [0, 0.05) is 26.9 Å². The first-order valence-electron chi connectivity index (χ1n) is 7.19. The molecule has 0 aromatic rings. The molecule has 0 aromatic carbocycles. The van der Waals surface area contributed by atoms with Crippen LogP contribution >= 0.6 is 0 Å². The molecule has 0 radical (unpaired) electrons. The normalized spacial score (nSPS) is 18.3. The molecule has 0 N–H and O–H groups in total. The Kier molecular flexibility index (Phi) is 9.48. The monoisotopic (exact) mass is 259 g/mol. The van der Waals surface area contributed by atoms with E-state index in [-0.39, 0.29) is 0 Å². The molecule has 0 unspecified atom stereocenters. The van der Waals surface area contributed by atoms with Crippen LogP contribution in [0.4, 0.5) is 0 Å². The summed E-state index contributed by atoms with van der Waals surface area (Å²) in [5.74, 6) is 0.909. The van der Waals surface area contributed by atoms with Crippen molar-refractivity contribution in [2.24, 2.45) is 5.92 Å². The quantitative estimate of drug-likeness (QED) is 0.560. The molecule has 0 amide bonds. The Bertz CT molecular complexity index is 182. The molecule has 108 valence electrons. The molecule has 0 bridgehead atoms. The molecule has 0 saturated carbocycles. The highest BCUT2D eigenvalue weighted by atomic mass is 16.5. The Labute approximate surface area is 112 Å². The zero-order valence-corrected chi connectivity index (χ0v) is 12.0. The molecular weight excluding hydrogens is 230 g/mol. The summed E-state index contributed by atoms with van der Waals surface area (Å²) in [6.07, 6.45) is 3.65. The van der Waals surface area contributed by atoms with E-state index in [1.807, 2.05) is 0 Å². The lowest BCUT2D eigenvalue weighted by atomic mass is 9.99. The Balaban J connectivity index is 1.78. The Hall–Kier alpha value is -0.160. The maximum atomic E-state index is 5.62. The first-order chi connectivity index (χ1) is 8.83. The Morgan fingerprint density at radius 3 is 2.28 bits per heavy atom. The number of methoxy groups -OCH3 is 1. The predicted octanol–water partition coefficient (Wildman–Crippen LogP) is 1.79. The third-order valence-electron chi connectivity index (χ3n) is 3.44. The largest absolute Gasteiger partial charge is 0.382 e. The van der Waals surface area contributed by atoms with Crippen molar-refractivity contribution in [1.29, 1.82) is 0 Å². The number of piperidine rings is 1. The van der Waals surface area contributed by atoms with Crippen molar-refractivity contribution in [3.63, 3.8) is 0 Å². The van der Waals surface area contributed by atoms with Crippen molar-refractivity contribution in [3.05, 3.63) is 0 Å². The highest BCUT2D eigenvalue weighted by Crippen LogP contribution is 2.15. The van der Waals surface area contributed by atoms with Crippen molar-refractivity contribution in [2.45, 2.75) is 26.2 Å². The third-order valence-corrected chi connectivity index (χ3v) is 3.44. The molecule has 0 atom stereocenters. The van der Waals surface area contributed by atoms with Crippen molar-refractivity contribution in [1.82, 2.24) is 4.90 Å². The Morgan fingerprint density at radius 1 is 0.944 bits per heavy atom. The van der Waals surface area contributed by atoms with Crippen molar-refractivity contribution in [2.75, 3.05) is 59.8 Å². The molecular formula is C14H29NO3. The third kappa shape index (κ3) is 8.03. The van der Waals surface area contributed by atoms with Gasteiger partial charge in [-0.05, 0) is 38.3 Å². The lowest BCUT2D eigenvalue weighted by molar-refractivity contribution is 0.0449. The van der Waals surface area contributed by atoms with Crippen LogP contribution in [0.3, 0.4) is 0 Å². The van der Waals surface area contributed by atoms with Crippen LogP contribution in [0.2, 0.25) is 0 Å². The molecule has 1 rings (SSSR count). The van der Waals surface area contributed by atoms with Gasteiger partial charge in [0.15, 0.2) is 0 Å². The minimum Gasteiger partial charge on any atom is -0.382 e. The molecule has 1 aliphatic rings. The van der Waals surface area contributed by atoms with Gasteiger partial charge in [0.1, 0.15) is 0 Å². The van der Waals surface area contributed by atoms with Crippen LogP contribution in [0.1, 0.15) is 26.2 Å². The first-order valence-corrected chi connectivity index (χ1v) is 7.19. The van der Waals surface area contributed by atoms with E-state index in [0.29, 0.717) is 13.2 Å². The lowest BCUT2D eigenvalue weighted by Gasteiger charge is -2.29. The van der Waals surface area contributed by atoms with Gasteiger partial charge in [-0.3, -0.25) is 0 Å². The van der Waals surface area contributed by atoms with E-state index in [4.69, 9.17) is 14.2 Å². The lowest BCUT2D eigenvalue weighted by Crippen LogP contribution is -2.35. The molecule has 4 nitrogen and oxygen atoms in total. The van der Waals surface area contributed by atoms with Crippen LogP contribution in [-0.2, 0) is 14.2 Å². The molecule has 0 spiro atoms. The Morgan fingerprint density at radius 2 is 1.61 bits per heavy atom. The summed E-state index contributed by atoms with van der Waals surface area (Å²) in [6.45, 7) is 9.69. The smallest absolute Gasteiger partial charge is 0.0700 e. The van der Waals surface area contributed by atoms with Crippen LogP contribution in [0.15, 0.2) is 0 Å². The van der Waals surface area contributed by atoms with Crippen LogP contribution < -0.4 is 0 Å². The summed E-state index contributed by atoms with van der Waals surface area (Å²) in [7, 11) is 1.69. The summed E-state index contributed by atoms with van der Waals surface area (Å²) < 4.78 is 15.9. The second-order valence-electron chi connectivity index (χ2n) is 5.10. The molecule has 0 aromatic heterocycles. The second-order valence-corrected chi connectivity index (χ2v) is 5.10. The maximum Gasteiger partial charge on any atom is 0.0700 e. The zero-order chi connectivity index (χ0) is 13.1. The SMILES string of the molecule is COCCOCCCOCCN1CCC(C)CC1. The molecule has 1 heterocycles. The van der Waals surface area contributed by atoms with Crippen LogP contribution in [0, 0.1) is 5.92 Å². The number of rotatable bonds is 10. The van der Waals surface area contributed by atoms with Gasteiger partial charge in [-0.2, -0.15) is 0 Å². The minimum absolute atomic E-state index is 0.675. The fourth-order valence-electron chi connectivity index (χ4n) is 2.09. The predicted molar refractivity (Wildman–Crippen MR) is 73.0 cm³/mol. The molecule has 0 aliphatic carbocycles. The van der Waals surface area contributed by atoms with E-state index in [0.717, 1.165) is 38.7 Å². The standard InChI is InChI=1S/C14H29NO3/c1-14-4-6-15(7-5-14)8-11-17-9-3-10-18-13-12-16-2/h14H,3-13H2,1-2H3. The van der Waals surface area contributed by atoms with Crippen molar-refractivity contribution < 1.29 is 14.2 Å². The maximum absolute atomic E-state index is 5.62. The summed E-state index contributed by atoms with van der Waals surface area (Å²) >= 11 is 0. The summed E-state index contributed by atoms with van der Waals surface area (Å²) in [5.41, 5.74) is 0. The van der Waals surface area contributed by atoms with Crippen LogP contribution in [0.5, 0.6) is 0 Å². The highest BCUT2D eigenvalue weighted by Gasteiger charge is 2.14. The van der Waals surface area contributed by atoms with E-state index < -0.39 is 0 Å². The van der Waals surface area contributed by atoms with Gasteiger partial charge in [0.25, 0.3) is 0 Å². The van der Waals surface area contributed by atoms with Crippen LogP contribution in [-0.4, -0.2) is 64.7 Å². The van der Waals surface area contributed by atoms with Crippen LogP contribution in [0.25, 0.3) is 0 Å². The van der Waals surface area contributed by atoms with E-state index in [1.54, 1.807) is 7.11 Å². The number of nitrogens with zero attached hydrogens (tertiary/aromatic N) is 1. The minimum atomic E-state index is 0.675. The summed E-state index contributed by atoms with van der Waals surface area (Å²) in [5, 5.41) is 0. The fraction of sp³-hybridized carbons (Fsp3) is 1.00. The zero-order valence-electron chi connectivity index (χ0n) is 12.0. The average Bonchev–Trinajstić information content (AvgIpc) is 2.39. The number of hydrogen-bond acceptors (Lipinski definition) is 4. The van der Waals surface area contributed by atoms with Crippen molar-refractivity contribution >= 4 is 0 Å². The van der Waals surface area contributed by atoms with Gasteiger partial charge in [-0.15, -0.1) is 0 Å². The van der Waals surface area contributed by atoms with Gasteiger partial charge in [-0.1, -0.05) is 6.92 Å². The van der Waals surface area contributed by atoms with E-state index in [2.05, 4.69) is 11.8 Å². The molecule has 1 aliphatic heterocycles. The van der Waals surface area contributed by atoms with Gasteiger partial charge in [0.2, 0.25) is 0 Å². The van der Waals surface area contributed by atoms with Gasteiger partial charge in [0.05, 0.1) is 19.8 Å². The van der Waals surface area contributed by atoms with E-state index in [1.165, 1.54) is 25.9 Å². The number of hydrogen-bond donors (Lipinski definition) is 0. The topological polar surface area (TPSA) is 30.9 Å². The molecule has 1 saturated heterocycles. The fourth-order valence-corrected chi connectivity index (χ4v) is 2.09. The summed E-state index contributed by atoms with van der Waals surface area (Å²) in [4.78, 5) is 2.51. The highest BCUT2D eigenvalue weighted by molar-refractivity contribution is 4.68. The number of likely N-dealkylation sites (tertiary alicyclic amines) is 1.